The van der Waals surface area contributed by atoms with Crippen molar-refractivity contribution in [1.29, 1.82) is 0 Å². The second-order valence-electron chi connectivity index (χ2n) is 5.36. The second kappa shape index (κ2) is 8.01. The maximum atomic E-state index is 12.4. The van der Waals surface area contributed by atoms with Crippen LogP contribution in [0.3, 0.4) is 0 Å². The summed E-state index contributed by atoms with van der Waals surface area (Å²) in [6.45, 7) is 4.47. The Kier molecular flexibility index (Phi) is 6.97. The lowest BCUT2D eigenvalue weighted by atomic mass is 9.88. The summed E-state index contributed by atoms with van der Waals surface area (Å²) < 4.78 is 6.34. The molecule has 0 bridgehead atoms. The third kappa shape index (κ3) is 4.34. The summed E-state index contributed by atoms with van der Waals surface area (Å²) in [5, 5.41) is 3.21. The molecule has 0 saturated carbocycles. The summed E-state index contributed by atoms with van der Waals surface area (Å²) >= 11 is 3.46. The van der Waals surface area contributed by atoms with Gasteiger partial charge in [0.05, 0.1) is 7.11 Å². The number of nitrogens with zero attached hydrogens (tertiary/aromatic N) is 1. The fourth-order valence-corrected chi connectivity index (χ4v) is 2.83. The number of rotatable bonds is 5. The van der Waals surface area contributed by atoms with Crippen LogP contribution in [0.2, 0.25) is 0 Å². The van der Waals surface area contributed by atoms with Crippen molar-refractivity contribution in [3.8, 4) is 5.75 Å². The second-order valence-corrected chi connectivity index (χ2v) is 6.27. The molecule has 1 amide bonds. The van der Waals surface area contributed by atoms with Crippen LogP contribution in [0.15, 0.2) is 22.7 Å². The molecular formula is C15H22BrClN2O2. The Morgan fingerprint density at radius 2 is 2.19 bits per heavy atom. The van der Waals surface area contributed by atoms with Crippen molar-refractivity contribution in [3.63, 3.8) is 0 Å². The first-order valence-corrected chi connectivity index (χ1v) is 7.60. The number of halogens is 2. The molecule has 1 aliphatic heterocycles. The van der Waals surface area contributed by atoms with Gasteiger partial charge in [0, 0.05) is 29.5 Å². The molecule has 21 heavy (non-hydrogen) atoms. The van der Waals surface area contributed by atoms with E-state index in [9.17, 15) is 4.79 Å². The molecule has 1 N–H and O–H groups in total. The van der Waals surface area contributed by atoms with Crippen LogP contribution in [0.1, 0.15) is 12.5 Å². The minimum absolute atomic E-state index is 0. The highest BCUT2D eigenvalue weighted by Crippen LogP contribution is 2.25. The van der Waals surface area contributed by atoms with Gasteiger partial charge in [-0.15, -0.1) is 12.4 Å². The average Bonchev–Trinajstić information content (AvgIpc) is 2.36. The van der Waals surface area contributed by atoms with Gasteiger partial charge in [0.25, 0.3) is 0 Å². The zero-order valence-corrected chi connectivity index (χ0v) is 15.0. The molecule has 6 heteroatoms. The molecule has 0 radical (unpaired) electrons. The molecule has 1 heterocycles. The van der Waals surface area contributed by atoms with Crippen LogP contribution < -0.4 is 10.1 Å². The predicted molar refractivity (Wildman–Crippen MR) is 89.9 cm³/mol. The van der Waals surface area contributed by atoms with Crippen LogP contribution in [0.25, 0.3) is 0 Å². The first kappa shape index (κ1) is 18.3. The number of amides is 1. The molecule has 0 aromatic heterocycles. The number of carbonyl (C=O) groups is 1. The third-order valence-electron chi connectivity index (χ3n) is 3.94. The first-order valence-electron chi connectivity index (χ1n) is 6.81. The van der Waals surface area contributed by atoms with Crippen LogP contribution >= 0.6 is 28.3 Å². The monoisotopic (exact) mass is 376 g/mol. The molecule has 1 aromatic rings. The van der Waals surface area contributed by atoms with E-state index in [0.717, 1.165) is 28.9 Å². The Balaban J connectivity index is 0.00000220. The molecule has 1 unspecified atom stereocenters. The standard InChI is InChI=1S/C15H21BrN2O2.ClH/c1-10(12-7-17-8-12)15(19)18(2)9-11-6-13(16)4-5-14(11)20-3;/h4-6,10,12,17H,7-9H2,1-3H3;1H. The van der Waals surface area contributed by atoms with E-state index in [0.29, 0.717) is 12.5 Å². The molecule has 118 valence electrons. The molecule has 0 aliphatic carbocycles. The van der Waals surface area contributed by atoms with E-state index in [-0.39, 0.29) is 24.2 Å². The lowest BCUT2D eigenvalue weighted by molar-refractivity contribution is -0.136. The number of benzene rings is 1. The average molecular weight is 378 g/mol. The zero-order chi connectivity index (χ0) is 14.7. The molecule has 1 aromatic carbocycles. The van der Waals surface area contributed by atoms with Gasteiger partial charge in [0.1, 0.15) is 5.75 Å². The summed E-state index contributed by atoms with van der Waals surface area (Å²) in [5.41, 5.74) is 1.01. The van der Waals surface area contributed by atoms with Crippen molar-refractivity contribution in [1.82, 2.24) is 10.2 Å². The molecule has 1 saturated heterocycles. The van der Waals surface area contributed by atoms with Crippen molar-refractivity contribution in [2.45, 2.75) is 13.5 Å². The van der Waals surface area contributed by atoms with E-state index in [2.05, 4.69) is 21.2 Å². The lowest BCUT2D eigenvalue weighted by Gasteiger charge is -2.34. The van der Waals surface area contributed by atoms with E-state index < -0.39 is 0 Å². The Labute approximate surface area is 140 Å². The van der Waals surface area contributed by atoms with E-state index in [1.54, 1.807) is 12.0 Å². The van der Waals surface area contributed by atoms with Gasteiger partial charge >= 0.3 is 0 Å². The fourth-order valence-electron chi connectivity index (χ4n) is 2.42. The Morgan fingerprint density at radius 3 is 2.71 bits per heavy atom. The number of hydrogen-bond donors (Lipinski definition) is 1. The molecule has 4 nitrogen and oxygen atoms in total. The van der Waals surface area contributed by atoms with Crippen molar-refractivity contribution in [2.75, 3.05) is 27.2 Å². The Morgan fingerprint density at radius 1 is 1.52 bits per heavy atom. The quantitative estimate of drug-likeness (QED) is 0.858. The number of methoxy groups -OCH3 is 1. The highest BCUT2D eigenvalue weighted by Gasteiger charge is 2.30. The minimum Gasteiger partial charge on any atom is -0.496 e. The fraction of sp³-hybridized carbons (Fsp3) is 0.533. The van der Waals surface area contributed by atoms with E-state index in [4.69, 9.17) is 4.74 Å². The van der Waals surface area contributed by atoms with Gasteiger partial charge in [-0.05, 0) is 37.2 Å². The Hall–Kier alpha value is -0.780. The first-order chi connectivity index (χ1) is 9.52. The highest BCUT2D eigenvalue weighted by molar-refractivity contribution is 9.10. The smallest absolute Gasteiger partial charge is 0.225 e. The van der Waals surface area contributed by atoms with Gasteiger partial charge in [-0.2, -0.15) is 0 Å². The molecule has 1 atom stereocenters. The summed E-state index contributed by atoms with van der Waals surface area (Å²) in [4.78, 5) is 14.2. The van der Waals surface area contributed by atoms with Crippen LogP contribution in [0.5, 0.6) is 5.75 Å². The number of carbonyl (C=O) groups excluding carboxylic acids is 1. The van der Waals surface area contributed by atoms with Crippen molar-refractivity contribution in [2.24, 2.45) is 11.8 Å². The van der Waals surface area contributed by atoms with Gasteiger partial charge in [0.15, 0.2) is 0 Å². The van der Waals surface area contributed by atoms with Gasteiger partial charge in [-0.25, -0.2) is 0 Å². The SMILES string of the molecule is COc1ccc(Br)cc1CN(C)C(=O)C(C)C1CNC1.Cl. The largest absolute Gasteiger partial charge is 0.496 e. The van der Waals surface area contributed by atoms with Gasteiger partial charge in [-0.1, -0.05) is 22.9 Å². The van der Waals surface area contributed by atoms with Crippen molar-refractivity contribution in [3.05, 3.63) is 28.2 Å². The topological polar surface area (TPSA) is 41.6 Å². The predicted octanol–water partition coefficient (Wildman–Crippen LogP) is 2.69. The summed E-state index contributed by atoms with van der Waals surface area (Å²) in [5.74, 6) is 1.54. The lowest BCUT2D eigenvalue weighted by Crippen LogP contribution is -2.49. The van der Waals surface area contributed by atoms with E-state index in [1.807, 2.05) is 32.2 Å². The van der Waals surface area contributed by atoms with Crippen LogP contribution in [-0.2, 0) is 11.3 Å². The van der Waals surface area contributed by atoms with Crippen molar-refractivity contribution < 1.29 is 9.53 Å². The maximum Gasteiger partial charge on any atom is 0.225 e. The van der Waals surface area contributed by atoms with Gasteiger partial charge in [-0.3, -0.25) is 4.79 Å². The number of hydrogen-bond acceptors (Lipinski definition) is 3. The Bertz CT molecular complexity index is 495. The molecular weight excluding hydrogens is 356 g/mol. The summed E-state index contributed by atoms with van der Waals surface area (Å²) in [7, 11) is 3.50. The van der Waals surface area contributed by atoms with Gasteiger partial charge in [0.2, 0.25) is 5.91 Å². The van der Waals surface area contributed by atoms with Crippen LogP contribution in [-0.4, -0.2) is 38.1 Å². The molecule has 1 fully saturated rings. The summed E-state index contributed by atoms with van der Waals surface area (Å²) in [6, 6.07) is 5.85. The summed E-state index contributed by atoms with van der Waals surface area (Å²) in [6.07, 6.45) is 0. The zero-order valence-electron chi connectivity index (χ0n) is 12.6. The van der Waals surface area contributed by atoms with Gasteiger partial charge < -0.3 is 15.0 Å². The highest BCUT2D eigenvalue weighted by atomic mass is 79.9. The normalized spacial score (nSPS) is 15.6. The van der Waals surface area contributed by atoms with Crippen LogP contribution in [0.4, 0.5) is 0 Å². The third-order valence-corrected chi connectivity index (χ3v) is 4.43. The van der Waals surface area contributed by atoms with E-state index >= 15 is 0 Å². The number of nitrogens with one attached hydrogen (secondary N) is 1. The molecule has 1 aliphatic rings. The maximum absolute atomic E-state index is 12.4. The van der Waals surface area contributed by atoms with Crippen LogP contribution in [0, 0.1) is 11.8 Å². The van der Waals surface area contributed by atoms with Crippen molar-refractivity contribution >= 4 is 34.2 Å². The minimum atomic E-state index is 0. The molecule has 0 spiro atoms. The molecule has 2 rings (SSSR count). The number of ether oxygens (including phenoxy) is 1. The van der Waals surface area contributed by atoms with E-state index in [1.165, 1.54) is 0 Å².